The third-order valence-electron chi connectivity index (χ3n) is 4.53. The summed E-state index contributed by atoms with van der Waals surface area (Å²) in [4.78, 5) is 12.8. The third-order valence-corrected chi connectivity index (χ3v) is 6.74. The smallest absolute Gasteiger partial charge is 0.312 e. The maximum absolute atomic E-state index is 12.9. The average Bonchev–Trinajstić information content (AvgIpc) is 2.65. The van der Waals surface area contributed by atoms with E-state index in [0.717, 1.165) is 11.6 Å². The Kier molecular flexibility index (Phi) is 5.90. The Hall–Kier alpha value is -2.20. The number of rotatable bonds is 5. The van der Waals surface area contributed by atoms with Crippen LogP contribution >= 0.6 is 11.6 Å². The second kappa shape index (κ2) is 8.04. The summed E-state index contributed by atoms with van der Waals surface area (Å²) in [5, 5.41) is 11.8. The van der Waals surface area contributed by atoms with Gasteiger partial charge < -0.3 is 9.64 Å². The predicted molar refractivity (Wildman–Crippen MR) is 106 cm³/mol. The third kappa shape index (κ3) is 4.27. The highest BCUT2D eigenvalue weighted by molar-refractivity contribution is 7.89. The fourth-order valence-electron chi connectivity index (χ4n) is 2.87. The molecular formula is C18H20ClN3O5S. The average molecular weight is 426 g/mol. The van der Waals surface area contributed by atoms with Crippen molar-refractivity contribution >= 4 is 27.3 Å². The fourth-order valence-corrected chi connectivity index (χ4v) is 4.47. The van der Waals surface area contributed by atoms with Gasteiger partial charge in [0.05, 0.1) is 14.8 Å². The molecule has 2 aromatic carbocycles. The van der Waals surface area contributed by atoms with E-state index in [1.165, 1.54) is 16.4 Å². The van der Waals surface area contributed by atoms with Crippen LogP contribution in [0.3, 0.4) is 0 Å². The van der Waals surface area contributed by atoms with Crippen molar-refractivity contribution in [3.63, 3.8) is 0 Å². The van der Waals surface area contributed by atoms with Crippen molar-refractivity contribution in [2.75, 3.05) is 33.2 Å². The van der Waals surface area contributed by atoms with Crippen LogP contribution in [0.25, 0.3) is 0 Å². The minimum atomic E-state index is -3.83. The van der Waals surface area contributed by atoms with E-state index in [4.69, 9.17) is 16.3 Å². The number of sulfonamides is 1. The minimum Gasteiger partial charge on any atom is -0.449 e. The molecule has 0 aliphatic carbocycles. The molecule has 1 aliphatic rings. The number of benzene rings is 2. The van der Waals surface area contributed by atoms with Crippen LogP contribution in [0, 0.1) is 17.0 Å². The van der Waals surface area contributed by atoms with Crippen LogP contribution in [-0.2, 0) is 10.0 Å². The van der Waals surface area contributed by atoms with E-state index in [-0.39, 0.29) is 16.4 Å². The molecule has 0 unspecified atom stereocenters. The molecule has 1 saturated heterocycles. The van der Waals surface area contributed by atoms with Gasteiger partial charge in [0.2, 0.25) is 15.8 Å². The maximum atomic E-state index is 12.9. The highest BCUT2D eigenvalue weighted by atomic mass is 35.5. The van der Waals surface area contributed by atoms with Crippen LogP contribution in [0.5, 0.6) is 11.5 Å². The summed E-state index contributed by atoms with van der Waals surface area (Å²) >= 11 is 6.09. The molecule has 1 fully saturated rings. The van der Waals surface area contributed by atoms with E-state index < -0.39 is 20.6 Å². The lowest BCUT2D eigenvalue weighted by molar-refractivity contribution is -0.385. The number of piperazine rings is 1. The first-order valence-corrected chi connectivity index (χ1v) is 10.4. The second-order valence-corrected chi connectivity index (χ2v) is 8.98. The number of likely N-dealkylation sites (N-methyl/N-ethyl adjacent to an activating group) is 1. The molecule has 0 radical (unpaired) electrons. The lowest BCUT2D eigenvalue weighted by Crippen LogP contribution is -2.47. The van der Waals surface area contributed by atoms with Crippen LogP contribution in [0.2, 0.25) is 5.02 Å². The van der Waals surface area contributed by atoms with Gasteiger partial charge in [-0.25, -0.2) is 8.42 Å². The van der Waals surface area contributed by atoms with E-state index in [1.54, 1.807) is 18.2 Å². The molecule has 0 amide bonds. The molecule has 2 aromatic rings. The van der Waals surface area contributed by atoms with E-state index in [9.17, 15) is 18.5 Å². The Bertz CT molecular complexity index is 1000. The molecule has 0 bridgehead atoms. The first kappa shape index (κ1) is 20.5. The Labute approximate surface area is 168 Å². The van der Waals surface area contributed by atoms with E-state index >= 15 is 0 Å². The van der Waals surface area contributed by atoms with Crippen LogP contribution in [-0.4, -0.2) is 55.8 Å². The van der Waals surface area contributed by atoms with Crippen LogP contribution < -0.4 is 4.74 Å². The normalized spacial score (nSPS) is 16.1. The molecule has 150 valence electrons. The SMILES string of the molecule is Cc1ccc(Cl)c(Oc2ccc(S(=O)(=O)N3CCN(C)CC3)cc2[N+](=O)[O-])c1. The Morgan fingerprint density at radius 3 is 2.39 bits per heavy atom. The Morgan fingerprint density at radius 1 is 1.07 bits per heavy atom. The largest absolute Gasteiger partial charge is 0.449 e. The summed E-state index contributed by atoms with van der Waals surface area (Å²) in [5.41, 5.74) is 0.434. The number of nitro benzene ring substituents is 1. The molecule has 0 N–H and O–H groups in total. The van der Waals surface area contributed by atoms with Gasteiger partial charge in [-0.15, -0.1) is 0 Å². The first-order chi connectivity index (χ1) is 13.2. The van der Waals surface area contributed by atoms with Crippen LogP contribution in [0.4, 0.5) is 5.69 Å². The lowest BCUT2D eigenvalue weighted by Gasteiger charge is -2.31. The van der Waals surface area contributed by atoms with Crippen molar-refractivity contribution < 1.29 is 18.1 Å². The zero-order valence-corrected chi connectivity index (χ0v) is 17.0. The predicted octanol–water partition coefficient (Wildman–Crippen LogP) is 3.29. The maximum Gasteiger partial charge on any atom is 0.312 e. The number of ether oxygens (including phenoxy) is 1. The van der Waals surface area contributed by atoms with Gasteiger partial charge in [-0.3, -0.25) is 10.1 Å². The molecule has 8 nitrogen and oxygen atoms in total. The molecule has 0 saturated carbocycles. The zero-order valence-electron chi connectivity index (χ0n) is 15.5. The monoisotopic (exact) mass is 425 g/mol. The topological polar surface area (TPSA) is 93.0 Å². The fraction of sp³-hybridized carbons (Fsp3) is 0.333. The molecule has 0 spiro atoms. The number of nitro groups is 1. The van der Waals surface area contributed by atoms with Gasteiger partial charge in [-0.05, 0) is 43.8 Å². The summed E-state index contributed by atoms with van der Waals surface area (Å²) in [7, 11) is -1.91. The molecule has 3 rings (SSSR count). The zero-order chi connectivity index (χ0) is 20.5. The summed E-state index contributed by atoms with van der Waals surface area (Å²) in [5.74, 6) is 0.189. The Balaban J connectivity index is 1.95. The molecule has 28 heavy (non-hydrogen) atoms. The van der Waals surface area contributed by atoms with Crippen molar-refractivity contribution in [3.8, 4) is 11.5 Å². The first-order valence-electron chi connectivity index (χ1n) is 8.59. The van der Waals surface area contributed by atoms with Crippen molar-refractivity contribution in [2.24, 2.45) is 0 Å². The minimum absolute atomic E-state index is 0.0742. The van der Waals surface area contributed by atoms with Crippen LogP contribution in [0.15, 0.2) is 41.3 Å². The van der Waals surface area contributed by atoms with Gasteiger partial charge in [0, 0.05) is 32.2 Å². The molecule has 1 aliphatic heterocycles. The standard InChI is InChI=1S/C18H20ClN3O5S/c1-13-3-5-15(19)18(11-13)27-17-6-4-14(12-16(17)22(23)24)28(25,26)21-9-7-20(2)8-10-21/h3-6,11-12H,7-10H2,1-2H3. The van der Waals surface area contributed by atoms with Gasteiger partial charge >= 0.3 is 5.69 Å². The van der Waals surface area contributed by atoms with Gasteiger partial charge in [0.25, 0.3) is 0 Å². The van der Waals surface area contributed by atoms with Crippen LogP contribution in [0.1, 0.15) is 5.56 Å². The van der Waals surface area contributed by atoms with Crippen molar-refractivity contribution in [1.82, 2.24) is 9.21 Å². The van der Waals surface area contributed by atoms with Crippen molar-refractivity contribution in [2.45, 2.75) is 11.8 Å². The lowest BCUT2D eigenvalue weighted by atomic mass is 10.2. The number of halogens is 1. The van der Waals surface area contributed by atoms with Gasteiger partial charge in [-0.1, -0.05) is 17.7 Å². The highest BCUT2D eigenvalue weighted by Gasteiger charge is 2.30. The van der Waals surface area contributed by atoms with Crippen molar-refractivity contribution in [3.05, 3.63) is 57.1 Å². The van der Waals surface area contributed by atoms with Gasteiger partial charge in [-0.2, -0.15) is 4.31 Å². The molecule has 10 heteroatoms. The number of nitrogens with zero attached hydrogens (tertiary/aromatic N) is 3. The van der Waals surface area contributed by atoms with Crippen molar-refractivity contribution in [1.29, 1.82) is 0 Å². The second-order valence-electron chi connectivity index (χ2n) is 6.63. The van der Waals surface area contributed by atoms with E-state index in [1.807, 2.05) is 18.9 Å². The Morgan fingerprint density at radius 2 is 1.75 bits per heavy atom. The quantitative estimate of drug-likeness (QED) is 0.539. The van der Waals surface area contributed by atoms with Gasteiger partial charge in [0.1, 0.15) is 5.75 Å². The van der Waals surface area contributed by atoms with Gasteiger partial charge in [0.15, 0.2) is 0 Å². The summed E-state index contributed by atoms with van der Waals surface area (Å²) in [6, 6.07) is 8.71. The summed E-state index contributed by atoms with van der Waals surface area (Å²) in [6.45, 7) is 3.72. The molecule has 1 heterocycles. The summed E-state index contributed by atoms with van der Waals surface area (Å²) in [6.07, 6.45) is 0. The highest BCUT2D eigenvalue weighted by Crippen LogP contribution is 2.37. The molecular weight excluding hydrogens is 406 g/mol. The summed E-state index contributed by atoms with van der Waals surface area (Å²) < 4.78 is 32.7. The number of aryl methyl sites for hydroxylation is 1. The van der Waals surface area contributed by atoms with E-state index in [0.29, 0.717) is 31.2 Å². The number of hydrogen-bond acceptors (Lipinski definition) is 6. The molecule has 0 atom stereocenters. The number of hydrogen-bond donors (Lipinski definition) is 0. The van der Waals surface area contributed by atoms with E-state index in [2.05, 4.69) is 0 Å². The molecule has 0 aromatic heterocycles.